The molecule has 0 atom stereocenters. The van der Waals surface area contributed by atoms with E-state index in [1.54, 1.807) is 23.2 Å². The number of ether oxygens (including phenoxy) is 1. The van der Waals surface area contributed by atoms with E-state index in [1.165, 1.54) is 12.1 Å². The lowest BCUT2D eigenvalue weighted by Gasteiger charge is -2.34. The number of nitrogens with zero attached hydrogens (tertiary/aromatic N) is 5. The molecule has 1 N–H and O–H groups in total. The van der Waals surface area contributed by atoms with Crippen molar-refractivity contribution in [1.82, 2.24) is 24.3 Å². The normalized spacial score (nSPS) is 14.3. The largest absolute Gasteiger partial charge is 0.494 e. The van der Waals surface area contributed by atoms with Crippen LogP contribution < -0.4 is 10.1 Å². The zero-order chi connectivity index (χ0) is 24.2. The summed E-state index contributed by atoms with van der Waals surface area (Å²) in [5.74, 6) is 1.39. The molecule has 0 unspecified atom stereocenters. The van der Waals surface area contributed by atoms with Gasteiger partial charge in [-0.15, -0.1) is 0 Å². The van der Waals surface area contributed by atoms with Crippen LogP contribution in [-0.2, 0) is 6.54 Å². The van der Waals surface area contributed by atoms with Crippen molar-refractivity contribution < 1.29 is 13.9 Å². The number of anilines is 1. The first kappa shape index (κ1) is 22.8. The number of imidazole rings is 1. The maximum Gasteiger partial charge on any atom is 0.321 e. The van der Waals surface area contributed by atoms with Gasteiger partial charge in [-0.3, -0.25) is 9.47 Å². The van der Waals surface area contributed by atoms with Crippen LogP contribution in [0.5, 0.6) is 5.75 Å². The van der Waals surface area contributed by atoms with Gasteiger partial charge in [-0.1, -0.05) is 0 Å². The van der Waals surface area contributed by atoms with Gasteiger partial charge in [0, 0.05) is 43.8 Å². The molecule has 9 heteroatoms. The van der Waals surface area contributed by atoms with Crippen molar-refractivity contribution in [3.8, 4) is 11.4 Å². The Hall–Kier alpha value is -3.98. The van der Waals surface area contributed by atoms with E-state index in [-0.39, 0.29) is 11.8 Å². The number of nitrogens with one attached hydrogen (secondary N) is 1. The highest BCUT2D eigenvalue weighted by molar-refractivity contribution is 5.89. The minimum Gasteiger partial charge on any atom is -0.494 e. The van der Waals surface area contributed by atoms with Crippen molar-refractivity contribution in [1.29, 1.82) is 0 Å². The topological polar surface area (TPSA) is 75.5 Å². The van der Waals surface area contributed by atoms with Crippen LogP contribution in [0.2, 0.25) is 0 Å². The van der Waals surface area contributed by atoms with Crippen LogP contribution in [-0.4, -0.2) is 63.2 Å². The third-order valence-electron chi connectivity index (χ3n) is 6.01. The van der Waals surface area contributed by atoms with Gasteiger partial charge in [-0.2, -0.15) is 0 Å². The van der Waals surface area contributed by atoms with Gasteiger partial charge in [0.1, 0.15) is 22.9 Å². The van der Waals surface area contributed by atoms with Gasteiger partial charge in [0.05, 0.1) is 13.2 Å². The predicted octanol–water partition coefficient (Wildman–Crippen LogP) is 4.31. The first-order valence-electron chi connectivity index (χ1n) is 11.7. The second-order valence-corrected chi connectivity index (χ2v) is 8.34. The number of carbonyl (C=O) groups excluding carboxylic acids is 1. The fourth-order valence-electron chi connectivity index (χ4n) is 4.24. The summed E-state index contributed by atoms with van der Waals surface area (Å²) in [5.41, 5.74) is 3.20. The number of amides is 2. The molecule has 0 bridgehead atoms. The molecule has 5 rings (SSSR count). The average Bonchev–Trinajstić information content (AvgIpc) is 3.24. The second-order valence-electron chi connectivity index (χ2n) is 8.34. The first-order chi connectivity index (χ1) is 17.1. The number of hydrogen-bond acceptors (Lipinski definition) is 5. The molecule has 0 saturated carbocycles. The number of halogens is 1. The molecule has 0 spiro atoms. The van der Waals surface area contributed by atoms with E-state index in [1.807, 2.05) is 43.3 Å². The predicted molar refractivity (Wildman–Crippen MR) is 132 cm³/mol. The zero-order valence-electron chi connectivity index (χ0n) is 19.5. The fraction of sp³-hybridized carbons (Fsp3) is 0.269. The van der Waals surface area contributed by atoms with Crippen LogP contribution in [0.3, 0.4) is 0 Å². The minimum atomic E-state index is -0.330. The molecule has 8 nitrogen and oxygen atoms in total. The zero-order valence-corrected chi connectivity index (χ0v) is 19.5. The van der Waals surface area contributed by atoms with E-state index in [0.717, 1.165) is 41.5 Å². The van der Waals surface area contributed by atoms with E-state index in [9.17, 15) is 9.18 Å². The first-order valence-corrected chi connectivity index (χ1v) is 11.7. The molecule has 1 saturated heterocycles. The molecule has 1 aliphatic rings. The average molecular weight is 475 g/mol. The number of urea groups is 1. The number of piperazine rings is 1. The molecular weight excluding hydrogens is 447 g/mol. The summed E-state index contributed by atoms with van der Waals surface area (Å²) < 4.78 is 20.8. The third-order valence-corrected chi connectivity index (χ3v) is 6.01. The molecule has 180 valence electrons. The van der Waals surface area contributed by atoms with Gasteiger partial charge in [-0.05, 0) is 67.6 Å². The molecule has 3 heterocycles. The molecule has 2 aromatic heterocycles. The van der Waals surface area contributed by atoms with E-state index in [4.69, 9.17) is 9.72 Å². The molecule has 1 aliphatic heterocycles. The summed E-state index contributed by atoms with van der Waals surface area (Å²) >= 11 is 0. The van der Waals surface area contributed by atoms with Crippen molar-refractivity contribution in [2.24, 2.45) is 0 Å². The molecular formula is C26H27FN6O2. The van der Waals surface area contributed by atoms with Crippen molar-refractivity contribution in [3.63, 3.8) is 0 Å². The van der Waals surface area contributed by atoms with Crippen LogP contribution in [0.25, 0.3) is 16.9 Å². The Balaban J connectivity index is 1.28. The second kappa shape index (κ2) is 10.1. The summed E-state index contributed by atoms with van der Waals surface area (Å²) in [6.45, 7) is 5.84. The molecule has 35 heavy (non-hydrogen) atoms. The highest BCUT2D eigenvalue weighted by Crippen LogP contribution is 2.23. The van der Waals surface area contributed by atoms with Gasteiger partial charge in [0.2, 0.25) is 0 Å². The van der Waals surface area contributed by atoms with Gasteiger partial charge in [-0.25, -0.2) is 19.2 Å². The third kappa shape index (κ3) is 5.09. The number of hydrogen-bond donors (Lipinski definition) is 1. The van der Waals surface area contributed by atoms with Crippen LogP contribution in [0, 0.1) is 5.82 Å². The Morgan fingerprint density at radius 2 is 1.77 bits per heavy atom. The van der Waals surface area contributed by atoms with Crippen molar-refractivity contribution in [3.05, 3.63) is 78.5 Å². The van der Waals surface area contributed by atoms with E-state index in [2.05, 4.69) is 19.8 Å². The number of fused-ring (bicyclic) bond motifs is 1. The minimum absolute atomic E-state index is 0.179. The number of pyridine rings is 1. The number of aromatic nitrogens is 3. The SMILES string of the molecule is CCOc1ccc(-n2c(CN3CCN(C(=O)Nc4ccc(F)cc4)CC3)nc3cccnc32)cc1. The van der Waals surface area contributed by atoms with E-state index < -0.39 is 0 Å². The summed E-state index contributed by atoms with van der Waals surface area (Å²) in [6, 6.07) is 17.4. The van der Waals surface area contributed by atoms with Crippen LogP contribution >= 0.6 is 0 Å². The van der Waals surface area contributed by atoms with Crippen molar-refractivity contribution >= 4 is 22.9 Å². The van der Waals surface area contributed by atoms with E-state index >= 15 is 0 Å². The summed E-state index contributed by atoms with van der Waals surface area (Å²) in [5, 5.41) is 2.83. The van der Waals surface area contributed by atoms with Gasteiger partial charge >= 0.3 is 6.03 Å². The molecule has 2 amide bonds. The monoisotopic (exact) mass is 474 g/mol. The summed E-state index contributed by atoms with van der Waals surface area (Å²) in [4.78, 5) is 26.1. The standard InChI is InChI=1S/C26H27FN6O2/c1-2-35-22-11-9-21(10-12-22)33-24(30-23-4-3-13-28-25(23)33)18-31-14-16-32(17-15-31)26(34)29-20-7-5-19(27)6-8-20/h3-13H,2,14-18H2,1H3,(H,29,34). The van der Waals surface area contributed by atoms with Gasteiger partial charge in [0.25, 0.3) is 0 Å². The highest BCUT2D eigenvalue weighted by Gasteiger charge is 2.23. The molecule has 0 radical (unpaired) electrons. The number of rotatable bonds is 6. The van der Waals surface area contributed by atoms with Crippen LogP contribution in [0.4, 0.5) is 14.9 Å². The lowest BCUT2D eigenvalue weighted by atomic mass is 10.2. The Morgan fingerprint density at radius 3 is 2.49 bits per heavy atom. The fourth-order valence-corrected chi connectivity index (χ4v) is 4.24. The Kier molecular flexibility index (Phi) is 6.58. The Labute approximate surface area is 203 Å². The molecule has 4 aromatic rings. The maximum atomic E-state index is 13.1. The van der Waals surface area contributed by atoms with Crippen molar-refractivity contribution in [2.75, 3.05) is 38.1 Å². The molecule has 0 aliphatic carbocycles. The van der Waals surface area contributed by atoms with Crippen molar-refractivity contribution in [2.45, 2.75) is 13.5 Å². The Morgan fingerprint density at radius 1 is 1.03 bits per heavy atom. The quantitative estimate of drug-likeness (QED) is 0.451. The van der Waals surface area contributed by atoms with E-state index in [0.29, 0.717) is 31.9 Å². The summed E-state index contributed by atoms with van der Waals surface area (Å²) in [7, 11) is 0. The number of carbonyl (C=O) groups is 1. The van der Waals surface area contributed by atoms with Gasteiger partial charge < -0.3 is 15.0 Å². The van der Waals surface area contributed by atoms with Crippen LogP contribution in [0.1, 0.15) is 12.7 Å². The van der Waals surface area contributed by atoms with Gasteiger partial charge in [0.15, 0.2) is 5.65 Å². The molecule has 2 aromatic carbocycles. The van der Waals surface area contributed by atoms with Crippen LogP contribution in [0.15, 0.2) is 66.9 Å². The maximum absolute atomic E-state index is 13.1. The number of benzene rings is 2. The lowest BCUT2D eigenvalue weighted by molar-refractivity contribution is 0.140. The highest BCUT2D eigenvalue weighted by atomic mass is 19.1. The smallest absolute Gasteiger partial charge is 0.321 e. The Bertz CT molecular complexity index is 1300. The summed E-state index contributed by atoms with van der Waals surface area (Å²) in [6.07, 6.45) is 1.78. The molecule has 1 fully saturated rings. The lowest BCUT2D eigenvalue weighted by Crippen LogP contribution is -2.49.